The van der Waals surface area contributed by atoms with E-state index in [1.54, 1.807) is 6.07 Å². The van der Waals surface area contributed by atoms with Crippen LogP contribution in [0.4, 0.5) is 13.2 Å². The van der Waals surface area contributed by atoms with E-state index >= 15 is 0 Å². The van der Waals surface area contributed by atoms with Crippen LogP contribution < -0.4 is 4.74 Å². The Balaban J connectivity index is 2.10. The number of hydrogen-bond donors (Lipinski definition) is 1. The van der Waals surface area contributed by atoms with Gasteiger partial charge in [0, 0.05) is 0 Å². The number of nitrogens with zero attached hydrogens (tertiary/aromatic N) is 2. The molecule has 0 fully saturated rings. The molecular weight excluding hydrogens is 293 g/mol. The SMILES string of the molecule is COc1cccc(-c2nc(COCC(F)(F)F)no2)c1O. The summed E-state index contributed by atoms with van der Waals surface area (Å²) in [6.07, 6.45) is -4.42. The van der Waals surface area contributed by atoms with Gasteiger partial charge in [-0.1, -0.05) is 11.2 Å². The number of hydrogen-bond acceptors (Lipinski definition) is 6. The molecule has 21 heavy (non-hydrogen) atoms. The quantitative estimate of drug-likeness (QED) is 0.914. The van der Waals surface area contributed by atoms with E-state index in [2.05, 4.69) is 14.9 Å². The Morgan fingerprint density at radius 1 is 1.33 bits per heavy atom. The summed E-state index contributed by atoms with van der Waals surface area (Å²) < 4.78 is 50.0. The standard InChI is InChI=1S/C12H11F3N2O4/c1-19-8-4-2-3-7(10(8)18)11-16-9(17-21-11)5-20-6-12(13,14)15/h2-4,18H,5-6H2,1H3. The highest BCUT2D eigenvalue weighted by Gasteiger charge is 2.27. The van der Waals surface area contributed by atoms with Crippen molar-refractivity contribution < 1.29 is 32.3 Å². The third-order valence-electron chi connectivity index (χ3n) is 2.41. The molecule has 0 unspecified atom stereocenters. The van der Waals surface area contributed by atoms with Gasteiger partial charge in [-0.05, 0) is 12.1 Å². The molecule has 2 aromatic rings. The third-order valence-corrected chi connectivity index (χ3v) is 2.41. The molecule has 0 amide bonds. The van der Waals surface area contributed by atoms with Crippen LogP contribution in [-0.2, 0) is 11.3 Å². The minimum atomic E-state index is -4.42. The largest absolute Gasteiger partial charge is 0.504 e. The number of halogens is 3. The lowest BCUT2D eigenvalue weighted by molar-refractivity contribution is -0.177. The zero-order valence-electron chi connectivity index (χ0n) is 10.8. The van der Waals surface area contributed by atoms with Crippen molar-refractivity contribution in [2.45, 2.75) is 12.8 Å². The van der Waals surface area contributed by atoms with Gasteiger partial charge in [-0.3, -0.25) is 0 Å². The van der Waals surface area contributed by atoms with E-state index in [0.717, 1.165) is 0 Å². The van der Waals surface area contributed by atoms with Crippen molar-refractivity contribution in [2.24, 2.45) is 0 Å². The average Bonchev–Trinajstić information content (AvgIpc) is 2.86. The van der Waals surface area contributed by atoms with Crippen molar-refractivity contribution in [3.63, 3.8) is 0 Å². The van der Waals surface area contributed by atoms with Crippen LogP contribution in [0, 0.1) is 0 Å². The molecule has 0 atom stereocenters. The summed E-state index contributed by atoms with van der Waals surface area (Å²) in [6.45, 7) is -1.85. The first-order chi connectivity index (χ1) is 9.90. The second-order valence-corrected chi connectivity index (χ2v) is 3.98. The number of ether oxygens (including phenoxy) is 2. The molecule has 6 nitrogen and oxygen atoms in total. The Kier molecular flexibility index (Phi) is 4.32. The summed E-state index contributed by atoms with van der Waals surface area (Å²) in [5.41, 5.74) is 0.212. The molecule has 0 spiro atoms. The first-order valence-electron chi connectivity index (χ1n) is 5.74. The van der Waals surface area contributed by atoms with Crippen molar-refractivity contribution in [3.8, 4) is 23.0 Å². The lowest BCUT2D eigenvalue weighted by Crippen LogP contribution is -2.16. The molecule has 0 bridgehead atoms. The number of aromatic hydroxyl groups is 1. The zero-order valence-corrected chi connectivity index (χ0v) is 10.8. The Morgan fingerprint density at radius 3 is 2.76 bits per heavy atom. The fourth-order valence-corrected chi connectivity index (χ4v) is 1.54. The van der Waals surface area contributed by atoms with Crippen LogP contribution in [-0.4, -0.2) is 35.1 Å². The highest BCUT2D eigenvalue weighted by atomic mass is 19.4. The maximum Gasteiger partial charge on any atom is 0.411 e. The Morgan fingerprint density at radius 2 is 2.10 bits per heavy atom. The van der Waals surface area contributed by atoms with Crippen LogP contribution >= 0.6 is 0 Å². The van der Waals surface area contributed by atoms with Crippen LogP contribution in [0.1, 0.15) is 5.82 Å². The van der Waals surface area contributed by atoms with Crippen LogP contribution in [0.3, 0.4) is 0 Å². The molecule has 0 saturated carbocycles. The summed E-state index contributed by atoms with van der Waals surface area (Å²) >= 11 is 0. The molecule has 1 aromatic carbocycles. The van der Waals surface area contributed by atoms with Crippen molar-refractivity contribution in [1.29, 1.82) is 0 Å². The lowest BCUT2D eigenvalue weighted by Gasteiger charge is -2.05. The normalized spacial score (nSPS) is 11.6. The Labute approximate surface area is 117 Å². The van der Waals surface area contributed by atoms with Crippen molar-refractivity contribution in [1.82, 2.24) is 10.1 Å². The van der Waals surface area contributed by atoms with Crippen LogP contribution in [0.2, 0.25) is 0 Å². The molecule has 0 aliphatic heterocycles. The first kappa shape index (κ1) is 15.1. The molecule has 9 heteroatoms. The summed E-state index contributed by atoms with van der Waals surface area (Å²) in [5, 5.41) is 13.4. The van der Waals surface area contributed by atoms with E-state index in [1.807, 2.05) is 0 Å². The molecule has 1 N–H and O–H groups in total. The molecule has 0 radical (unpaired) electrons. The minimum absolute atomic E-state index is 0.0444. The minimum Gasteiger partial charge on any atom is -0.504 e. The van der Waals surface area contributed by atoms with Crippen LogP contribution in [0.25, 0.3) is 11.5 Å². The average molecular weight is 304 g/mol. The monoisotopic (exact) mass is 304 g/mol. The lowest BCUT2D eigenvalue weighted by atomic mass is 10.2. The highest BCUT2D eigenvalue weighted by molar-refractivity contribution is 5.66. The summed E-state index contributed by atoms with van der Waals surface area (Å²) in [7, 11) is 1.38. The number of para-hydroxylation sites is 1. The maximum absolute atomic E-state index is 11.9. The second-order valence-electron chi connectivity index (χ2n) is 3.98. The number of phenolic OH excluding ortho intramolecular Hbond substituents is 1. The number of aromatic nitrogens is 2. The van der Waals surface area contributed by atoms with E-state index in [0.29, 0.717) is 0 Å². The van der Waals surface area contributed by atoms with Gasteiger partial charge in [-0.25, -0.2) is 0 Å². The Bertz CT molecular complexity index is 613. The van der Waals surface area contributed by atoms with E-state index in [1.165, 1.54) is 19.2 Å². The van der Waals surface area contributed by atoms with Crippen LogP contribution in [0.5, 0.6) is 11.5 Å². The van der Waals surface area contributed by atoms with Gasteiger partial charge in [0.15, 0.2) is 17.3 Å². The van der Waals surface area contributed by atoms with Crippen molar-refractivity contribution in [3.05, 3.63) is 24.0 Å². The van der Waals surface area contributed by atoms with Gasteiger partial charge >= 0.3 is 6.18 Å². The van der Waals surface area contributed by atoms with E-state index < -0.39 is 19.4 Å². The van der Waals surface area contributed by atoms with Gasteiger partial charge in [-0.15, -0.1) is 0 Å². The zero-order chi connectivity index (χ0) is 15.5. The number of phenols is 1. The van der Waals surface area contributed by atoms with Gasteiger partial charge in [0.25, 0.3) is 5.89 Å². The van der Waals surface area contributed by atoms with Crippen molar-refractivity contribution in [2.75, 3.05) is 13.7 Å². The number of rotatable bonds is 5. The smallest absolute Gasteiger partial charge is 0.411 e. The topological polar surface area (TPSA) is 77.6 Å². The fraction of sp³-hybridized carbons (Fsp3) is 0.333. The third kappa shape index (κ3) is 3.85. The molecule has 0 aliphatic rings. The number of benzene rings is 1. The second kappa shape index (κ2) is 6.00. The number of alkyl halides is 3. The van der Waals surface area contributed by atoms with Gasteiger partial charge in [0.05, 0.1) is 12.7 Å². The summed E-state index contributed by atoms with van der Waals surface area (Å²) in [5.74, 6) is -0.0968. The molecule has 0 aliphatic carbocycles. The maximum atomic E-state index is 11.9. The predicted molar refractivity (Wildman–Crippen MR) is 63.7 cm³/mol. The highest BCUT2D eigenvalue weighted by Crippen LogP contribution is 2.35. The summed E-state index contributed by atoms with van der Waals surface area (Å²) in [4.78, 5) is 3.85. The van der Waals surface area contributed by atoms with Crippen LogP contribution in [0.15, 0.2) is 22.7 Å². The van der Waals surface area contributed by atoms with Gasteiger partial charge < -0.3 is 19.1 Å². The van der Waals surface area contributed by atoms with Gasteiger partial charge in [-0.2, -0.15) is 18.2 Å². The summed E-state index contributed by atoms with van der Waals surface area (Å²) in [6, 6.07) is 4.63. The Hall–Kier alpha value is -2.29. The van der Waals surface area contributed by atoms with E-state index in [9.17, 15) is 18.3 Å². The predicted octanol–water partition coefficient (Wildman–Crippen LogP) is 2.53. The number of methoxy groups -OCH3 is 1. The first-order valence-corrected chi connectivity index (χ1v) is 5.74. The van der Waals surface area contributed by atoms with E-state index in [-0.39, 0.29) is 28.8 Å². The van der Waals surface area contributed by atoms with Crippen molar-refractivity contribution >= 4 is 0 Å². The molecule has 1 heterocycles. The molecule has 2 rings (SSSR count). The molecule has 0 saturated heterocycles. The fourth-order valence-electron chi connectivity index (χ4n) is 1.54. The molecular formula is C12H11F3N2O4. The van der Waals surface area contributed by atoms with E-state index in [4.69, 9.17) is 9.26 Å². The molecule has 114 valence electrons. The van der Waals surface area contributed by atoms with Gasteiger partial charge in [0.2, 0.25) is 0 Å². The van der Waals surface area contributed by atoms with Gasteiger partial charge in [0.1, 0.15) is 13.2 Å². The molecule has 1 aromatic heterocycles.